The number of hydrogen-bond acceptors (Lipinski definition) is 4. The molecule has 1 aliphatic carbocycles. The molecule has 2 aliphatic rings. The molecule has 1 heterocycles. The van der Waals surface area contributed by atoms with E-state index in [1.807, 2.05) is 13.0 Å². The molecule has 0 radical (unpaired) electrons. The lowest BCUT2D eigenvalue weighted by atomic mass is 9.87. The van der Waals surface area contributed by atoms with Gasteiger partial charge in [-0.05, 0) is 59.8 Å². The van der Waals surface area contributed by atoms with E-state index in [4.69, 9.17) is 0 Å². The van der Waals surface area contributed by atoms with Crippen LogP contribution in [0.15, 0.2) is 32.0 Å². The maximum absolute atomic E-state index is 13.6. The van der Waals surface area contributed by atoms with Gasteiger partial charge in [0.25, 0.3) is 0 Å². The predicted molar refractivity (Wildman–Crippen MR) is 117 cm³/mol. The molecule has 8 heteroatoms. The minimum absolute atomic E-state index is 0.0633. The van der Waals surface area contributed by atoms with Gasteiger partial charge in [-0.15, -0.1) is 0 Å². The summed E-state index contributed by atoms with van der Waals surface area (Å²) in [4.78, 5) is 1.98. The Bertz CT molecular complexity index is 834. The Kier molecular flexibility index (Phi) is 7.46. The maximum atomic E-state index is 13.6. The van der Waals surface area contributed by atoms with Crippen LogP contribution in [0.1, 0.15) is 51.9 Å². The van der Waals surface area contributed by atoms with Gasteiger partial charge in [0.15, 0.2) is 6.19 Å². The molecule has 154 valence electrons. The summed E-state index contributed by atoms with van der Waals surface area (Å²) in [5, 5.41) is 9.36. The quantitative estimate of drug-likeness (QED) is 0.477. The lowest BCUT2D eigenvalue weighted by Crippen LogP contribution is -2.43. The second-order valence-corrected chi connectivity index (χ2v) is 11.6. The van der Waals surface area contributed by atoms with Crippen molar-refractivity contribution in [2.45, 2.75) is 68.8 Å². The summed E-state index contributed by atoms with van der Waals surface area (Å²) in [7, 11) is -3.67. The third-order valence-electron chi connectivity index (χ3n) is 6.05. The molecular formula is C20H27Br2N3O2S. The van der Waals surface area contributed by atoms with Crippen molar-refractivity contribution >= 4 is 41.9 Å². The van der Waals surface area contributed by atoms with Crippen molar-refractivity contribution in [1.82, 2.24) is 9.21 Å². The van der Waals surface area contributed by atoms with Crippen LogP contribution in [0.3, 0.4) is 0 Å². The second kappa shape index (κ2) is 9.46. The van der Waals surface area contributed by atoms with Crippen molar-refractivity contribution in [2.24, 2.45) is 5.92 Å². The Balaban J connectivity index is 1.88. The van der Waals surface area contributed by atoms with Gasteiger partial charge in [-0.1, -0.05) is 48.0 Å². The first kappa shape index (κ1) is 22.1. The van der Waals surface area contributed by atoms with Gasteiger partial charge in [-0.3, -0.25) is 0 Å². The monoisotopic (exact) mass is 531 g/mol. The van der Waals surface area contributed by atoms with Crippen molar-refractivity contribution in [2.75, 3.05) is 13.1 Å². The van der Waals surface area contributed by atoms with Gasteiger partial charge in [0, 0.05) is 34.1 Å². The Morgan fingerprint density at radius 1 is 1.25 bits per heavy atom. The first-order chi connectivity index (χ1) is 13.3. The summed E-state index contributed by atoms with van der Waals surface area (Å²) < 4.78 is 30.3. The second-order valence-electron chi connectivity index (χ2n) is 7.97. The average Bonchev–Trinajstić information content (AvgIpc) is 3.04. The molecule has 0 N–H and O–H groups in total. The lowest BCUT2D eigenvalue weighted by Gasteiger charge is -2.30. The van der Waals surface area contributed by atoms with E-state index in [0.717, 1.165) is 10.9 Å². The van der Waals surface area contributed by atoms with E-state index >= 15 is 0 Å². The van der Waals surface area contributed by atoms with Gasteiger partial charge in [-0.2, -0.15) is 9.57 Å². The molecule has 0 spiro atoms. The Hall–Kier alpha value is -0.620. The van der Waals surface area contributed by atoms with Crippen LogP contribution in [-0.4, -0.2) is 42.8 Å². The third-order valence-corrected chi connectivity index (χ3v) is 9.49. The van der Waals surface area contributed by atoms with Crippen molar-refractivity contribution < 1.29 is 8.42 Å². The van der Waals surface area contributed by atoms with E-state index in [1.165, 1.54) is 32.1 Å². The zero-order valence-electron chi connectivity index (χ0n) is 16.2. The van der Waals surface area contributed by atoms with Gasteiger partial charge in [0.2, 0.25) is 10.0 Å². The smallest absolute Gasteiger partial charge is 0.244 e. The first-order valence-corrected chi connectivity index (χ1v) is 13.0. The maximum Gasteiger partial charge on any atom is 0.244 e. The normalized spacial score (nSPS) is 23.9. The summed E-state index contributed by atoms with van der Waals surface area (Å²) >= 11 is 6.82. The number of rotatable bonds is 6. The van der Waals surface area contributed by atoms with E-state index in [0.29, 0.717) is 29.9 Å². The van der Waals surface area contributed by atoms with Crippen molar-refractivity contribution in [1.29, 1.82) is 5.26 Å². The minimum Gasteiger partial charge on any atom is -0.306 e. The molecule has 1 aromatic carbocycles. The minimum atomic E-state index is -3.67. The van der Waals surface area contributed by atoms with Crippen LogP contribution in [0.5, 0.6) is 0 Å². The van der Waals surface area contributed by atoms with Crippen molar-refractivity contribution in [3.63, 3.8) is 0 Å². The van der Waals surface area contributed by atoms with E-state index in [2.05, 4.69) is 38.1 Å². The Labute approximate surface area is 185 Å². The number of hydrogen-bond donors (Lipinski definition) is 0. The lowest BCUT2D eigenvalue weighted by molar-refractivity contribution is 0.267. The van der Waals surface area contributed by atoms with Gasteiger partial charge < -0.3 is 4.90 Å². The molecule has 0 aromatic heterocycles. The predicted octanol–water partition coefficient (Wildman–Crippen LogP) is 5.12. The average molecular weight is 533 g/mol. The van der Waals surface area contributed by atoms with Gasteiger partial charge in [-0.25, -0.2) is 8.42 Å². The topological polar surface area (TPSA) is 64.4 Å². The number of nitriles is 1. The highest BCUT2D eigenvalue weighted by molar-refractivity contribution is 9.11. The molecular weight excluding hydrogens is 506 g/mol. The molecule has 1 saturated heterocycles. The zero-order chi connectivity index (χ0) is 20.3. The van der Waals surface area contributed by atoms with Crippen molar-refractivity contribution in [3.8, 4) is 6.19 Å². The number of sulfonamides is 1. The summed E-state index contributed by atoms with van der Waals surface area (Å²) in [5.41, 5.74) is 0. The van der Waals surface area contributed by atoms with Crippen LogP contribution in [0.2, 0.25) is 0 Å². The van der Waals surface area contributed by atoms with Gasteiger partial charge in [0.05, 0.1) is 4.90 Å². The highest BCUT2D eigenvalue weighted by Crippen LogP contribution is 2.34. The molecule has 0 bridgehead atoms. The van der Waals surface area contributed by atoms with Gasteiger partial charge >= 0.3 is 0 Å². The molecule has 2 atom stereocenters. The molecule has 1 saturated carbocycles. The number of nitrogens with zero attached hydrogens (tertiary/aromatic N) is 3. The van der Waals surface area contributed by atoms with Crippen LogP contribution in [0, 0.1) is 17.4 Å². The fourth-order valence-corrected chi connectivity index (χ4v) is 7.54. The third kappa shape index (κ3) is 4.92. The molecule has 3 rings (SSSR count). The number of benzene rings is 1. The van der Waals surface area contributed by atoms with Crippen molar-refractivity contribution in [3.05, 3.63) is 27.1 Å². The molecule has 1 aromatic rings. The summed E-state index contributed by atoms with van der Waals surface area (Å²) in [6, 6.07) is 5.13. The summed E-state index contributed by atoms with van der Waals surface area (Å²) in [5.74, 6) is 0.600. The molecule has 5 nitrogen and oxygen atoms in total. The molecule has 2 fully saturated rings. The fourth-order valence-electron chi connectivity index (χ4n) is 4.44. The van der Waals surface area contributed by atoms with Crippen LogP contribution >= 0.6 is 31.9 Å². The van der Waals surface area contributed by atoms with Crippen LogP contribution in [0.4, 0.5) is 0 Å². The van der Waals surface area contributed by atoms with E-state index in [9.17, 15) is 13.7 Å². The first-order valence-electron chi connectivity index (χ1n) is 9.96. The van der Waals surface area contributed by atoms with Crippen LogP contribution in [-0.2, 0) is 10.0 Å². The number of likely N-dealkylation sites (tertiary alicyclic amines) is 1. The van der Waals surface area contributed by atoms with Crippen LogP contribution in [0.25, 0.3) is 0 Å². The Morgan fingerprint density at radius 2 is 1.96 bits per heavy atom. The van der Waals surface area contributed by atoms with Gasteiger partial charge in [0.1, 0.15) is 0 Å². The van der Waals surface area contributed by atoms with E-state index in [-0.39, 0.29) is 17.0 Å². The van der Waals surface area contributed by atoms with E-state index < -0.39 is 10.0 Å². The highest BCUT2D eigenvalue weighted by Gasteiger charge is 2.39. The summed E-state index contributed by atoms with van der Waals surface area (Å²) in [6.07, 6.45) is 9.96. The van der Waals surface area contributed by atoms with E-state index in [1.54, 1.807) is 21.3 Å². The highest BCUT2D eigenvalue weighted by atomic mass is 79.9. The summed E-state index contributed by atoms with van der Waals surface area (Å²) in [6.45, 7) is 2.97. The molecule has 1 aliphatic heterocycles. The SMILES string of the molecule is C[C@H]1C[C@H](N(CCC2CCCCC2)S(=O)(=O)c2cc(Br)ccc2Br)CN1C#N. The largest absolute Gasteiger partial charge is 0.306 e. The zero-order valence-corrected chi connectivity index (χ0v) is 20.1. The van der Waals surface area contributed by atoms with Crippen LogP contribution < -0.4 is 0 Å². The fraction of sp³-hybridized carbons (Fsp3) is 0.650. The molecule has 0 amide bonds. The molecule has 28 heavy (non-hydrogen) atoms. The number of halogens is 2. The molecule has 0 unspecified atom stereocenters. The standard InChI is InChI=1S/C20H27Br2N3O2S/c1-15-11-18(13-24(15)14-23)25(10-9-16-5-3-2-4-6-16)28(26,27)20-12-17(21)7-8-19(20)22/h7-8,12,15-16,18H,2-6,9-11,13H2,1H3/t15-,18-/m0/s1. The Morgan fingerprint density at radius 3 is 2.61 bits per heavy atom.